The van der Waals surface area contributed by atoms with Crippen LogP contribution in [0.5, 0.6) is 11.5 Å². The number of amides is 1. The third-order valence-electron chi connectivity index (χ3n) is 4.35. The fourth-order valence-corrected chi connectivity index (χ4v) is 3.32. The molecule has 0 N–H and O–H groups in total. The van der Waals surface area contributed by atoms with E-state index in [2.05, 4.69) is 0 Å². The summed E-state index contributed by atoms with van der Waals surface area (Å²) in [5.74, 6) is 0.971. The maximum atomic E-state index is 12.8. The molecule has 2 aliphatic rings. The van der Waals surface area contributed by atoms with Crippen molar-refractivity contribution in [3.63, 3.8) is 0 Å². The zero-order valence-electron chi connectivity index (χ0n) is 16.5. The largest absolute Gasteiger partial charge is 0.463 e. The number of benzene rings is 1. The van der Waals surface area contributed by atoms with Gasteiger partial charge in [-0.05, 0) is 64.3 Å². The molecule has 0 fully saturated rings. The van der Waals surface area contributed by atoms with Gasteiger partial charge in [0.05, 0.1) is 18.6 Å². The number of esters is 1. The van der Waals surface area contributed by atoms with Crippen molar-refractivity contribution in [1.29, 1.82) is 0 Å². The zero-order chi connectivity index (χ0) is 19.8. The molecule has 7 heteroatoms. The SMILES string of the molecule is CC(C)OC(=O)CC1c2cc3c(cc2CCN1C(=O)OC(C)(C)C)OCO3. The molecule has 1 atom stereocenters. The van der Waals surface area contributed by atoms with Gasteiger partial charge in [0.1, 0.15) is 5.60 Å². The zero-order valence-corrected chi connectivity index (χ0v) is 16.5. The molecular weight excluding hydrogens is 350 g/mol. The molecule has 7 nitrogen and oxygen atoms in total. The number of ether oxygens (including phenoxy) is 4. The second-order valence-corrected chi connectivity index (χ2v) is 8.09. The lowest BCUT2D eigenvalue weighted by molar-refractivity contribution is -0.148. The molecule has 0 bridgehead atoms. The van der Waals surface area contributed by atoms with E-state index >= 15 is 0 Å². The molecular formula is C20H27NO6. The van der Waals surface area contributed by atoms with Gasteiger partial charge in [0.2, 0.25) is 6.79 Å². The highest BCUT2D eigenvalue weighted by Gasteiger charge is 2.37. The Balaban J connectivity index is 1.92. The summed E-state index contributed by atoms with van der Waals surface area (Å²) in [6.07, 6.45) is 0.0609. The molecule has 148 valence electrons. The molecule has 1 aromatic rings. The Morgan fingerprint density at radius 3 is 2.52 bits per heavy atom. The van der Waals surface area contributed by atoms with Crippen LogP contribution in [0.15, 0.2) is 12.1 Å². The maximum Gasteiger partial charge on any atom is 0.410 e. The third kappa shape index (κ3) is 4.46. The van der Waals surface area contributed by atoms with E-state index in [1.165, 1.54) is 0 Å². The number of carbonyl (C=O) groups is 2. The fraction of sp³-hybridized carbons (Fsp3) is 0.600. The predicted octanol–water partition coefficient (Wildman–Crippen LogP) is 3.59. The summed E-state index contributed by atoms with van der Waals surface area (Å²) in [6.45, 7) is 9.71. The molecule has 2 heterocycles. The van der Waals surface area contributed by atoms with Crippen molar-refractivity contribution < 1.29 is 28.5 Å². The lowest BCUT2D eigenvalue weighted by Crippen LogP contribution is -2.44. The number of hydrogen-bond acceptors (Lipinski definition) is 6. The average molecular weight is 377 g/mol. The molecule has 1 amide bonds. The van der Waals surface area contributed by atoms with E-state index < -0.39 is 17.7 Å². The predicted molar refractivity (Wildman–Crippen MR) is 97.8 cm³/mol. The van der Waals surface area contributed by atoms with Crippen LogP contribution >= 0.6 is 0 Å². The number of carbonyl (C=O) groups excluding carboxylic acids is 2. The first-order chi connectivity index (χ1) is 12.6. The molecule has 2 aliphatic heterocycles. The first-order valence-corrected chi connectivity index (χ1v) is 9.25. The smallest absolute Gasteiger partial charge is 0.410 e. The van der Waals surface area contributed by atoms with Crippen LogP contribution in [0.25, 0.3) is 0 Å². The molecule has 0 saturated carbocycles. The molecule has 0 aliphatic carbocycles. The molecule has 3 rings (SSSR count). The van der Waals surface area contributed by atoms with E-state index in [-0.39, 0.29) is 25.3 Å². The first kappa shape index (κ1) is 19.3. The van der Waals surface area contributed by atoms with Gasteiger partial charge in [-0.3, -0.25) is 4.79 Å². The summed E-state index contributed by atoms with van der Waals surface area (Å²) in [6, 6.07) is 3.33. The van der Waals surface area contributed by atoms with Gasteiger partial charge in [-0.2, -0.15) is 0 Å². The Bertz CT molecular complexity index is 737. The lowest BCUT2D eigenvalue weighted by atomic mass is 9.90. The van der Waals surface area contributed by atoms with Gasteiger partial charge in [0, 0.05) is 6.54 Å². The first-order valence-electron chi connectivity index (χ1n) is 9.25. The van der Waals surface area contributed by atoms with Crippen molar-refractivity contribution in [2.24, 2.45) is 0 Å². The molecule has 27 heavy (non-hydrogen) atoms. The maximum absolute atomic E-state index is 12.8. The molecule has 0 saturated heterocycles. The number of rotatable bonds is 3. The quantitative estimate of drug-likeness (QED) is 0.750. The highest BCUT2D eigenvalue weighted by Crippen LogP contribution is 2.42. The van der Waals surface area contributed by atoms with Crippen LogP contribution in [0.4, 0.5) is 4.79 Å². The average Bonchev–Trinajstić information content (AvgIpc) is 2.97. The van der Waals surface area contributed by atoms with Gasteiger partial charge >= 0.3 is 12.1 Å². The molecule has 0 aromatic heterocycles. The molecule has 1 aromatic carbocycles. The van der Waals surface area contributed by atoms with Crippen molar-refractivity contribution in [1.82, 2.24) is 4.90 Å². The van der Waals surface area contributed by atoms with Crippen LogP contribution in [0.2, 0.25) is 0 Å². The number of hydrogen-bond donors (Lipinski definition) is 0. The second-order valence-electron chi connectivity index (χ2n) is 8.09. The summed E-state index contributed by atoms with van der Waals surface area (Å²) >= 11 is 0. The van der Waals surface area contributed by atoms with Crippen LogP contribution < -0.4 is 9.47 Å². The molecule has 0 spiro atoms. The Morgan fingerprint density at radius 2 is 1.89 bits per heavy atom. The van der Waals surface area contributed by atoms with E-state index in [1.54, 1.807) is 18.7 Å². The Labute approximate surface area is 159 Å². The summed E-state index contributed by atoms with van der Waals surface area (Å²) in [4.78, 5) is 26.7. The van der Waals surface area contributed by atoms with E-state index in [9.17, 15) is 9.59 Å². The minimum absolute atomic E-state index is 0.0596. The summed E-state index contributed by atoms with van der Waals surface area (Å²) in [5.41, 5.74) is 1.30. The van der Waals surface area contributed by atoms with Gasteiger partial charge in [-0.15, -0.1) is 0 Å². The van der Waals surface area contributed by atoms with E-state index in [0.717, 1.165) is 11.1 Å². The molecule has 1 unspecified atom stereocenters. The summed E-state index contributed by atoms with van der Waals surface area (Å²) < 4.78 is 21.8. The van der Waals surface area contributed by atoms with Gasteiger partial charge in [-0.25, -0.2) is 4.79 Å². The lowest BCUT2D eigenvalue weighted by Gasteiger charge is -2.37. The van der Waals surface area contributed by atoms with Crippen LogP contribution in [-0.2, 0) is 20.7 Å². The van der Waals surface area contributed by atoms with Crippen LogP contribution in [0.3, 0.4) is 0 Å². The van der Waals surface area contributed by atoms with Crippen molar-refractivity contribution >= 4 is 12.1 Å². The minimum atomic E-state index is -0.616. The van der Waals surface area contributed by atoms with Crippen molar-refractivity contribution in [2.75, 3.05) is 13.3 Å². The van der Waals surface area contributed by atoms with E-state index in [4.69, 9.17) is 18.9 Å². The highest BCUT2D eigenvalue weighted by molar-refractivity contribution is 5.74. The number of fused-ring (bicyclic) bond motifs is 2. The van der Waals surface area contributed by atoms with Crippen molar-refractivity contribution in [3.8, 4) is 11.5 Å². The highest BCUT2D eigenvalue weighted by atomic mass is 16.7. The summed E-state index contributed by atoms with van der Waals surface area (Å²) in [5, 5.41) is 0. The van der Waals surface area contributed by atoms with Crippen molar-refractivity contribution in [2.45, 2.75) is 65.2 Å². The third-order valence-corrected chi connectivity index (χ3v) is 4.35. The minimum Gasteiger partial charge on any atom is -0.463 e. The van der Waals surface area contributed by atoms with Gasteiger partial charge in [0.15, 0.2) is 11.5 Å². The van der Waals surface area contributed by atoms with E-state index in [0.29, 0.717) is 24.5 Å². The number of nitrogens with zero attached hydrogens (tertiary/aromatic N) is 1. The fourth-order valence-electron chi connectivity index (χ4n) is 3.32. The van der Waals surface area contributed by atoms with Crippen LogP contribution in [0, 0.1) is 0 Å². The summed E-state index contributed by atoms with van der Waals surface area (Å²) in [7, 11) is 0. The van der Waals surface area contributed by atoms with Gasteiger partial charge in [-0.1, -0.05) is 0 Å². The molecule has 0 radical (unpaired) electrons. The standard InChI is InChI=1S/C20H27NO6/c1-12(2)26-18(22)10-15-14-9-17-16(24-11-25-17)8-13(14)6-7-21(15)19(23)27-20(3,4)5/h8-9,12,15H,6-7,10-11H2,1-5H3. The van der Waals surface area contributed by atoms with Crippen LogP contribution in [-0.4, -0.2) is 42.0 Å². The monoisotopic (exact) mass is 377 g/mol. The van der Waals surface area contributed by atoms with Crippen LogP contribution in [0.1, 0.15) is 58.2 Å². The Hall–Kier alpha value is -2.44. The van der Waals surface area contributed by atoms with E-state index in [1.807, 2.05) is 32.9 Å². The topological polar surface area (TPSA) is 74.3 Å². The van der Waals surface area contributed by atoms with Crippen molar-refractivity contribution in [3.05, 3.63) is 23.3 Å². The van der Waals surface area contributed by atoms with Gasteiger partial charge in [0.25, 0.3) is 0 Å². The van der Waals surface area contributed by atoms with Gasteiger partial charge < -0.3 is 23.8 Å². The second kappa shape index (κ2) is 7.29. The normalized spacial score (nSPS) is 18.3. The Morgan fingerprint density at radius 1 is 1.22 bits per heavy atom. The Kier molecular flexibility index (Phi) is 5.22.